The van der Waals surface area contributed by atoms with Gasteiger partial charge in [-0.3, -0.25) is 0 Å². The minimum Gasteiger partial charge on any atom is -0.356 e. The molecular weight excluding hydrogens is 242 g/mol. The van der Waals surface area contributed by atoms with E-state index in [2.05, 4.69) is 21.6 Å². The highest BCUT2D eigenvalue weighted by Gasteiger charge is 2.01. The molecule has 0 radical (unpaired) electrons. The van der Waals surface area contributed by atoms with Crippen molar-refractivity contribution in [2.75, 3.05) is 5.32 Å². The number of aryl methyl sites for hydroxylation is 2. The van der Waals surface area contributed by atoms with E-state index in [4.69, 9.17) is 11.6 Å². The lowest BCUT2D eigenvalue weighted by atomic mass is 10.1. The highest BCUT2D eigenvalue weighted by atomic mass is 35.5. The fourth-order valence-electron chi connectivity index (χ4n) is 1.29. The second-order valence-electron chi connectivity index (χ2n) is 3.56. The zero-order chi connectivity index (χ0) is 11.5. The van der Waals surface area contributed by atoms with Crippen molar-refractivity contribution >= 4 is 28.1 Å². The molecule has 2 rings (SSSR count). The van der Waals surface area contributed by atoms with Crippen LogP contribution in [0.1, 0.15) is 16.1 Å². The third-order valence-corrected chi connectivity index (χ3v) is 3.41. The van der Waals surface area contributed by atoms with Crippen molar-refractivity contribution in [3.8, 4) is 0 Å². The van der Waals surface area contributed by atoms with Gasteiger partial charge in [0, 0.05) is 11.6 Å². The maximum absolute atomic E-state index is 6.05. The molecule has 0 aliphatic rings. The lowest BCUT2D eigenvalue weighted by molar-refractivity contribution is 1.02. The number of nitrogens with zero attached hydrogens (tertiary/aromatic N) is 2. The summed E-state index contributed by atoms with van der Waals surface area (Å²) in [5, 5.41) is 13.8. The van der Waals surface area contributed by atoms with Crippen LogP contribution < -0.4 is 5.32 Å². The van der Waals surface area contributed by atoms with E-state index in [1.807, 2.05) is 26.0 Å². The molecule has 1 N–H and O–H groups in total. The number of rotatable bonds is 3. The summed E-state index contributed by atoms with van der Waals surface area (Å²) in [4.78, 5) is 0. The van der Waals surface area contributed by atoms with Crippen LogP contribution in [0.4, 0.5) is 5.13 Å². The van der Waals surface area contributed by atoms with Crippen LogP contribution in [0.5, 0.6) is 0 Å². The number of benzene rings is 1. The fraction of sp³-hybridized carbons (Fsp3) is 0.273. The molecule has 0 atom stereocenters. The average molecular weight is 254 g/mol. The molecule has 3 nitrogen and oxygen atoms in total. The van der Waals surface area contributed by atoms with Crippen LogP contribution in [0, 0.1) is 13.8 Å². The van der Waals surface area contributed by atoms with Crippen LogP contribution in [-0.4, -0.2) is 10.2 Å². The largest absolute Gasteiger partial charge is 0.356 e. The Morgan fingerprint density at radius 2 is 2.12 bits per heavy atom. The lowest BCUT2D eigenvalue weighted by Gasteiger charge is -2.04. The van der Waals surface area contributed by atoms with E-state index in [0.717, 1.165) is 26.3 Å². The Hall–Kier alpha value is -1.13. The Morgan fingerprint density at radius 1 is 1.31 bits per heavy atom. The van der Waals surface area contributed by atoms with Crippen LogP contribution in [0.15, 0.2) is 18.2 Å². The van der Waals surface area contributed by atoms with Gasteiger partial charge in [0.25, 0.3) is 0 Å². The van der Waals surface area contributed by atoms with E-state index < -0.39 is 0 Å². The van der Waals surface area contributed by atoms with Crippen molar-refractivity contribution in [1.82, 2.24) is 10.2 Å². The molecule has 0 aliphatic carbocycles. The molecule has 0 saturated carbocycles. The first-order chi connectivity index (χ1) is 7.65. The number of nitrogens with one attached hydrogen (secondary N) is 1. The maximum Gasteiger partial charge on any atom is 0.205 e. The minimum atomic E-state index is 0.717. The van der Waals surface area contributed by atoms with Gasteiger partial charge < -0.3 is 5.32 Å². The molecule has 1 aromatic heterocycles. The molecule has 84 valence electrons. The number of halogens is 1. The Kier molecular flexibility index (Phi) is 3.41. The first kappa shape index (κ1) is 11.4. The summed E-state index contributed by atoms with van der Waals surface area (Å²) in [7, 11) is 0. The summed E-state index contributed by atoms with van der Waals surface area (Å²) in [5.41, 5.74) is 2.24. The molecule has 1 heterocycles. The lowest BCUT2D eigenvalue weighted by Crippen LogP contribution is -1.99. The van der Waals surface area contributed by atoms with Gasteiger partial charge in [-0.15, -0.1) is 10.2 Å². The first-order valence-electron chi connectivity index (χ1n) is 4.94. The second kappa shape index (κ2) is 4.80. The van der Waals surface area contributed by atoms with Gasteiger partial charge >= 0.3 is 0 Å². The van der Waals surface area contributed by atoms with E-state index in [1.165, 1.54) is 0 Å². The maximum atomic E-state index is 6.05. The van der Waals surface area contributed by atoms with Crippen molar-refractivity contribution in [3.05, 3.63) is 39.4 Å². The molecule has 0 saturated heterocycles. The van der Waals surface area contributed by atoms with Gasteiger partial charge in [-0.05, 0) is 31.0 Å². The van der Waals surface area contributed by atoms with Gasteiger partial charge in [0.2, 0.25) is 5.13 Å². The van der Waals surface area contributed by atoms with E-state index >= 15 is 0 Å². The van der Waals surface area contributed by atoms with Gasteiger partial charge in [-0.1, -0.05) is 35.1 Å². The quantitative estimate of drug-likeness (QED) is 0.911. The zero-order valence-corrected chi connectivity index (χ0v) is 10.7. The van der Waals surface area contributed by atoms with E-state index in [1.54, 1.807) is 11.3 Å². The first-order valence-corrected chi connectivity index (χ1v) is 6.13. The van der Waals surface area contributed by atoms with Crippen molar-refractivity contribution < 1.29 is 0 Å². The SMILES string of the molecule is Cc1nnc(NCc2ccc(C)c(Cl)c2)s1. The standard InChI is InChI=1S/C11H12ClN3S/c1-7-3-4-9(5-10(7)12)6-13-11-15-14-8(2)16-11/h3-5H,6H2,1-2H3,(H,13,15). The van der Waals surface area contributed by atoms with Gasteiger partial charge in [0.15, 0.2) is 0 Å². The minimum absolute atomic E-state index is 0.717. The molecule has 0 unspecified atom stereocenters. The van der Waals surface area contributed by atoms with E-state index in [-0.39, 0.29) is 0 Å². The van der Waals surface area contributed by atoms with Gasteiger partial charge in [0.1, 0.15) is 5.01 Å². The Bertz CT molecular complexity index is 496. The normalized spacial score (nSPS) is 10.4. The van der Waals surface area contributed by atoms with Gasteiger partial charge in [-0.2, -0.15) is 0 Å². The summed E-state index contributed by atoms with van der Waals surface area (Å²) in [6.07, 6.45) is 0. The Morgan fingerprint density at radius 3 is 2.75 bits per heavy atom. The molecule has 0 amide bonds. The smallest absolute Gasteiger partial charge is 0.205 e. The molecule has 0 fully saturated rings. The molecule has 1 aromatic carbocycles. The van der Waals surface area contributed by atoms with Gasteiger partial charge in [-0.25, -0.2) is 0 Å². The fourth-order valence-corrected chi connectivity index (χ4v) is 2.08. The number of aromatic nitrogens is 2. The van der Waals surface area contributed by atoms with Crippen LogP contribution in [-0.2, 0) is 6.54 Å². The molecule has 0 spiro atoms. The molecule has 16 heavy (non-hydrogen) atoms. The third-order valence-electron chi connectivity index (χ3n) is 2.21. The van der Waals surface area contributed by atoms with E-state index in [0.29, 0.717) is 6.54 Å². The summed E-state index contributed by atoms with van der Waals surface area (Å²) >= 11 is 7.59. The Labute approximate surface area is 103 Å². The van der Waals surface area contributed by atoms with Crippen molar-refractivity contribution in [3.63, 3.8) is 0 Å². The summed E-state index contributed by atoms with van der Waals surface area (Å²) < 4.78 is 0. The number of anilines is 1. The molecular formula is C11H12ClN3S. The third kappa shape index (κ3) is 2.71. The van der Waals surface area contributed by atoms with Crippen LogP contribution in [0.25, 0.3) is 0 Å². The summed E-state index contributed by atoms with van der Waals surface area (Å²) in [6, 6.07) is 6.05. The van der Waals surface area contributed by atoms with Crippen LogP contribution >= 0.6 is 22.9 Å². The number of hydrogen-bond acceptors (Lipinski definition) is 4. The molecule has 0 bridgehead atoms. The topological polar surface area (TPSA) is 37.8 Å². The monoisotopic (exact) mass is 253 g/mol. The molecule has 2 aromatic rings. The van der Waals surface area contributed by atoms with Crippen molar-refractivity contribution in [1.29, 1.82) is 0 Å². The average Bonchev–Trinajstić information content (AvgIpc) is 2.66. The summed E-state index contributed by atoms with van der Waals surface area (Å²) in [5.74, 6) is 0. The zero-order valence-electron chi connectivity index (χ0n) is 9.12. The molecule has 0 aliphatic heterocycles. The predicted molar refractivity (Wildman–Crippen MR) is 68.2 cm³/mol. The van der Waals surface area contributed by atoms with Crippen molar-refractivity contribution in [2.45, 2.75) is 20.4 Å². The van der Waals surface area contributed by atoms with Gasteiger partial charge in [0.05, 0.1) is 0 Å². The van der Waals surface area contributed by atoms with Crippen molar-refractivity contribution in [2.24, 2.45) is 0 Å². The highest BCUT2D eigenvalue weighted by Crippen LogP contribution is 2.19. The van der Waals surface area contributed by atoms with E-state index in [9.17, 15) is 0 Å². The Balaban J connectivity index is 2.02. The highest BCUT2D eigenvalue weighted by molar-refractivity contribution is 7.15. The second-order valence-corrected chi connectivity index (χ2v) is 5.15. The van der Waals surface area contributed by atoms with Crippen LogP contribution in [0.2, 0.25) is 5.02 Å². The predicted octanol–water partition coefficient (Wildman–Crippen LogP) is 3.42. The summed E-state index contributed by atoms with van der Waals surface area (Å²) in [6.45, 7) is 4.65. The number of hydrogen-bond donors (Lipinski definition) is 1. The molecule has 5 heteroatoms. The van der Waals surface area contributed by atoms with Crippen LogP contribution in [0.3, 0.4) is 0 Å².